The predicted octanol–water partition coefficient (Wildman–Crippen LogP) is 3.66. The van der Waals surface area contributed by atoms with Crippen LogP contribution in [0.2, 0.25) is 0 Å². The van der Waals surface area contributed by atoms with Crippen molar-refractivity contribution in [3.05, 3.63) is 54.9 Å². The third kappa shape index (κ3) is 1.94. The maximum absolute atomic E-state index is 5.86. The quantitative estimate of drug-likeness (QED) is 0.496. The molecule has 0 radical (unpaired) electrons. The van der Waals surface area contributed by atoms with E-state index in [2.05, 4.69) is 20.3 Å². The molecule has 1 aromatic carbocycles. The lowest BCUT2D eigenvalue weighted by Gasteiger charge is -1.93. The molecule has 0 aliphatic carbocycles. The maximum atomic E-state index is 5.86. The van der Waals surface area contributed by atoms with E-state index in [9.17, 15) is 0 Å². The molecule has 0 bridgehead atoms. The van der Waals surface area contributed by atoms with Gasteiger partial charge in [-0.15, -0.1) is 10.2 Å². The van der Waals surface area contributed by atoms with Gasteiger partial charge in [0.05, 0.1) is 0 Å². The Morgan fingerprint density at radius 1 is 1.04 bits per heavy atom. The fourth-order valence-corrected chi connectivity index (χ4v) is 3.30. The molecule has 0 amide bonds. The van der Waals surface area contributed by atoms with Crippen LogP contribution in [0.3, 0.4) is 0 Å². The standard InChI is InChI=1S/C16H9N5OS/c1-2-6-12-10(4-1)8-13(22-12)14-18-19-16-21(14)20-15(23-16)11-5-3-7-17-9-11/h1-9H. The number of fused-ring (bicyclic) bond motifs is 2. The van der Waals surface area contributed by atoms with Crippen molar-refractivity contribution in [3.8, 4) is 22.2 Å². The lowest BCUT2D eigenvalue weighted by atomic mass is 10.2. The summed E-state index contributed by atoms with van der Waals surface area (Å²) in [6.07, 6.45) is 3.52. The van der Waals surface area contributed by atoms with E-state index in [-0.39, 0.29) is 0 Å². The second kappa shape index (κ2) is 4.72. The summed E-state index contributed by atoms with van der Waals surface area (Å²) in [5.41, 5.74) is 1.78. The van der Waals surface area contributed by atoms with Gasteiger partial charge in [0.1, 0.15) is 10.6 Å². The summed E-state index contributed by atoms with van der Waals surface area (Å²) < 4.78 is 7.58. The van der Waals surface area contributed by atoms with Gasteiger partial charge in [-0.25, -0.2) is 0 Å². The van der Waals surface area contributed by atoms with Crippen molar-refractivity contribution >= 4 is 27.3 Å². The van der Waals surface area contributed by atoms with Crippen LogP contribution in [-0.4, -0.2) is 24.8 Å². The van der Waals surface area contributed by atoms with Crippen LogP contribution in [0.25, 0.3) is 38.1 Å². The molecule has 0 unspecified atom stereocenters. The first-order chi connectivity index (χ1) is 11.4. The van der Waals surface area contributed by atoms with Crippen LogP contribution in [0.15, 0.2) is 59.3 Å². The van der Waals surface area contributed by atoms with Crippen LogP contribution in [0.5, 0.6) is 0 Å². The van der Waals surface area contributed by atoms with Gasteiger partial charge in [0.2, 0.25) is 10.8 Å². The third-order valence-corrected chi connectivity index (χ3v) is 4.49. The van der Waals surface area contributed by atoms with Crippen molar-refractivity contribution in [2.24, 2.45) is 0 Å². The predicted molar refractivity (Wildman–Crippen MR) is 87.1 cm³/mol. The molecule has 0 saturated carbocycles. The smallest absolute Gasteiger partial charge is 0.235 e. The minimum atomic E-state index is 0.600. The van der Waals surface area contributed by atoms with E-state index in [0.29, 0.717) is 11.6 Å². The molecule has 0 spiro atoms. The highest BCUT2D eigenvalue weighted by Crippen LogP contribution is 2.30. The zero-order valence-electron chi connectivity index (χ0n) is 11.7. The van der Waals surface area contributed by atoms with Gasteiger partial charge in [0, 0.05) is 23.3 Å². The van der Waals surface area contributed by atoms with Crippen LogP contribution in [0, 0.1) is 0 Å². The Hall–Kier alpha value is -3.06. The van der Waals surface area contributed by atoms with E-state index in [1.807, 2.05) is 42.5 Å². The number of benzene rings is 1. The molecule has 0 saturated heterocycles. The van der Waals surface area contributed by atoms with E-state index in [1.54, 1.807) is 16.9 Å². The first-order valence-electron chi connectivity index (χ1n) is 7.00. The fraction of sp³-hybridized carbons (Fsp3) is 0. The Morgan fingerprint density at radius 2 is 2.00 bits per heavy atom. The van der Waals surface area contributed by atoms with Crippen molar-refractivity contribution in [1.82, 2.24) is 24.8 Å². The van der Waals surface area contributed by atoms with Gasteiger partial charge in [-0.3, -0.25) is 4.98 Å². The minimum absolute atomic E-state index is 0.600. The lowest BCUT2D eigenvalue weighted by molar-refractivity contribution is 0.622. The Labute approximate surface area is 134 Å². The Balaban J connectivity index is 1.68. The van der Waals surface area contributed by atoms with Gasteiger partial charge in [-0.05, 0) is 24.3 Å². The van der Waals surface area contributed by atoms with Gasteiger partial charge >= 0.3 is 0 Å². The molecule has 0 fully saturated rings. The average Bonchev–Trinajstić information content (AvgIpc) is 3.28. The highest BCUT2D eigenvalue weighted by atomic mass is 32.1. The normalized spacial score (nSPS) is 11.5. The Bertz CT molecular complexity index is 1090. The number of nitrogens with zero attached hydrogens (tertiary/aromatic N) is 5. The molecule has 0 aliphatic rings. The summed E-state index contributed by atoms with van der Waals surface area (Å²) in [6, 6.07) is 13.7. The van der Waals surface area contributed by atoms with E-state index in [0.717, 1.165) is 26.5 Å². The summed E-state index contributed by atoms with van der Waals surface area (Å²) in [7, 11) is 0. The van der Waals surface area contributed by atoms with Gasteiger partial charge in [0.15, 0.2) is 5.76 Å². The molecule has 6 nitrogen and oxygen atoms in total. The molecule has 0 N–H and O–H groups in total. The number of hydrogen-bond acceptors (Lipinski definition) is 6. The van der Waals surface area contributed by atoms with Gasteiger partial charge in [0.25, 0.3) is 0 Å². The molecule has 7 heteroatoms. The average molecular weight is 319 g/mol. The molecule has 23 heavy (non-hydrogen) atoms. The highest BCUT2D eigenvalue weighted by Gasteiger charge is 2.17. The van der Waals surface area contributed by atoms with E-state index in [4.69, 9.17) is 4.42 Å². The van der Waals surface area contributed by atoms with Crippen LogP contribution in [-0.2, 0) is 0 Å². The van der Waals surface area contributed by atoms with Crippen molar-refractivity contribution in [2.75, 3.05) is 0 Å². The molecule has 0 aliphatic heterocycles. The number of para-hydroxylation sites is 1. The highest BCUT2D eigenvalue weighted by molar-refractivity contribution is 7.19. The van der Waals surface area contributed by atoms with Crippen LogP contribution in [0.4, 0.5) is 0 Å². The van der Waals surface area contributed by atoms with Crippen LogP contribution in [0.1, 0.15) is 0 Å². The zero-order chi connectivity index (χ0) is 15.2. The molecule has 5 aromatic rings. The molecule has 4 aromatic heterocycles. The SMILES string of the molecule is c1cncc(-c2nn3c(-c4cc5ccccc5o4)nnc3s2)c1. The topological polar surface area (TPSA) is 69.1 Å². The Kier molecular flexibility index (Phi) is 2.56. The van der Waals surface area contributed by atoms with Gasteiger partial charge < -0.3 is 4.42 Å². The Morgan fingerprint density at radius 3 is 2.87 bits per heavy atom. The third-order valence-electron chi connectivity index (χ3n) is 3.55. The van der Waals surface area contributed by atoms with Crippen LogP contribution >= 0.6 is 11.3 Å². The van der Waals surface area contributed by atoms with Crippen molar-refractivity contribution in [2.45, 2.75) is 0 Å². The second-order valence-electron chi connectivity index (χ2n) is 5.02. The van der Waals surface area contributed by atoms with Crippen molar-refractivity contribution in [3.63, 3.8) is 0 Å². The van der Waals surface area contributed by atoms with Gasteiger partial charge in [-0.2, -0.15) is 9.61 Å². The summed E-state index contributed by atoms with van der Waals surface area (Å²) in [4.78, 5) is 4.85. The molecule has 0 atom stereocenters. The summed E-state index contributed by atoms with van der Waals surface area (Å²) in [6.45, 7) is 0. The summed E-state index contributed by atoms with van der Waals surface area (Å²) in [5.74, 6) is 1.25. The molecule has 4 heterocycles. The number of aromatic nitrogens is 5. The molecular weight excluding hydrogens is 310 g/mol. The van der Waals surface area contributed by atoms with Crippen molar-refractivity contribution in [1.29, 1.82) is 0 Å². The number of rotatable bonds is 2. The van der Waals surface area contributed by atoms with Crippen LogP contribution < -0.4 is 0 Å². The minimum Gasteiger partial charge on any atom is -0.453 e. The number of furan rings is 1. The largest absolute Gasteiger partial charge is 0.453 e. The molecule has 5 rings (SSSR count). The van der Waals surface area contributed by atoms with Gasteiger partial charge in [-0.1, -0.05) is 29.5 Å². The van der Waals surface area contributed by atoms with E-state index >= 15 is 0 Å². The lowest BCUT2D eigenvalue weighted by Crippen LogP contribution is -1.89. The first kappa shape index (κ1) is 12.5. The number of pyridine rings is 1. The van der Waals surface area contributed by atoms with Crippen molar-refractivity contribution < 1.29 is 4.42 Å². The zero-order valence-corrected chi connectivity index (χ0v) is 12.6. The van der Waals surface area contributed by atoms with E-state index in [1.165, 1.54) is 11.3 Å². The first-order valence-corrected chi connectivity index (χ1v) is 7.82. The van der Waals surface area contributed by atoms with E-state index < -0.39 is 0 Å². The fourth-order valence-electron chi connectivity index (χ4n) is 2.47. The second-order valence-corrected chi connectivity index (χ2v) is 5.97. The monoisotopic (exact) mass is 319 g/mol. The molecular formula is C16H9N5OS. The summed E-state index contributed by atoms with van der Waals surface area (Å²) in [5, 5.41) is 14.9. The summed E-state index contributed by atoms with van der Waals surface area (Å²) >= 11 is 1.47. The molecule has 110 valence electrons. The number of hydrogen-bond donors (Lipinski definition) is 0. The maximum Gasteiger partial charge on any atom is 0.235 e.